The number of rotatable bonds is 5. The Morgan fingerprint density at radius 2 is 1.60 bits per heavy atom. The summed E-state index contributed by atoms with van der Waals surface area (Å²) in [5.74, 6) is 1.18. The maximum absolute atomic E-state index is 11.3. The molecule has 0 aliphatic carbocycles. The molecule has 0 heterocycles. The van der Waals surface area contributed by atoms with Crippen molar-refractivity contribution < 1.29 is 9.28 Å². The van der Waals surface area contributed by atoms with E-state index in [1.807, 2.05) is 0 Å². The van der Waals surface area contributed by atoms with Crippen molar-refractivity contribution in [3.8, 4) is 0 Å². The SMILES string of the molecule is CC(=O)C(CC(C)C)C[N+](C)(C)C.[CH2-]C. The van der Waals surface area contributed by atoms with E-state index < -0.39 is 0 Å². The van der Waals surface area contributed by atoms with Crippen LogP contribution >= 0.6 is 0 Å². The third-order valence-corrected chi connectivity index (χ3v) is 2.10. The van der Waals surface area contributed by atoms with Crippen molar-refractivity contribution in [1.29, 1.82) is 0 Å². The van der Waals surface area contributed by atoms with Crippen LogP contribution < -0.4 is 0 Å². The van der Waals surface area contributed by atoms with Crippen LogP contribution in [0.4, 0.5) is 0 Å². The van der Waals surface area contributed by atoms with Gasteiger partial charge < -0.3 is 11.4 Å². The van der Waals surface area contributed by atoms with E-state index in [9.17, 15) is 4.79 Å². The number of hydrogen-bond donors (Lipinski definition) is 0. The molecule has 1 unspecified atom stereocenters. The minimum Gasteiger partial charge on any atom is -0.346 e. The van der Waals surface area contributed by atoms with Crippen molar-refractivity contribution in [3.05, 3.63) is 6.92 Å². The molecule has 0 fully saturated rings. The molecule has 0 spiro atoms. The van der Waals surface area contributed by atoms with Crippen molar-refractivity contribution in [1.82, 2.24) is 0 Å². The lowest BCUT2D eigenvalue weighted by atomic mass is 9.93. The lowest BCUT2D eigenvalue weighted by Gasteiger charge is -2.28. The molecule has 15 heavy (non-hydrogen) atoms. The fourth-order valence-electron chi connectivity index (χ4n) is 1.60. The molecule has 0 rings (SSSR count). The van der Waals surface area contributed by atoms with Crippen LogP contribution in [0.15, 0.2) is 0 Å². The quantitative estimate of drug-likeness (QED) is 0.509. The Hall–Kier alpha value is -0.370. The van der Waals surface area contributed by atoms with Gasteiger partial charge in [0.2, 0.25) is 0 Å². The van der Waals surface area contributed by atoms with Crippen LogP contribution in [-0.2, 0) is 4.79 Å². The van der Waals surface area contributed by atoms with Gasteiger partial charge in [-0.25, -0.2) is 0 Å². The monoisotopic (exact) mass is 215 g/mol. The number of quaternary nitrogens is 1. The van der Waals surface area contributed by atoms with Gasteiger partial charge in [0.15, 0.2) is 0 Å². The summed E-state index contributed by atoms with van der Waals surface area (Å²) in [5.41, 5.74) is 0. The number of nitrogens with zero attached hydrogens (tertiary/aromatic N) is 1. The summed E-state index contributed by atoms with van der Waals surface area (Å²) in [6.07, 6.45) is 1.02. The minimum atomic E-state index is 0.236. The van der Waals surface area contributed by atoms with Crippen molar-refractivity contribution in [3.63, 3.8) is 0 Å². The van der Waals surface area contributed by atoms with E-state index in [-0.39, 0.29) is 5.92 Å². The molecule has 0 N–H and O–H groups in total. The molecule has 0 saturated heterocycles. The van der Waals surface area contributed by atoms with E-state index in [2.05, 4.69) is 41.9 Å². The summed E-state index contributed by atoms with van der Waals surface area (Å²) < 4.78 is 0.872. The highest BCUT2D eigenvalue weighted by Gasteiger charge is 2.22. The molecule has 0 aromatic rings. The van der Waals surface area contributed by atoms with Gasteiger partial charge in [-0.1, -0.05) is 13.8 Å². The Balaban J connectivity index is 0. The predicted octanol–water partition coefficient (Wildman–Crippen LogP) is 2.78. The molecule has 2 nitrogen and oxygen atoms in total. The maximum atomic E-state index is 11.3. The summed E-state index contributed by atoms with van der Waals surface area (Å²) in [4.78, 5) is 11.3. The second kappa shape index (κ2) is 7.86. The first-order valence-corrected chi connectivity index (χ1v) is 5.74. The zero-order valence-electron chi connectivity index (χ0n) is 11.6. The van der Waals surface area contributed by atoms with Crippen molar-refractivity contribution in [2.45, 2.75) is 34.1 Å². The van der Waals surface area contributed by atoms with Crippen LogP contribution in [0.2, 0.25) is 0 Å². The van der Waals surface area contributed by atoms with Crippen LogP contribution in [0.25, 0.3) is 0 Å². The Kier molecular flexibility index (Phi) is 8.93. The number of Topliss-reactive ketones (excluding diaryl/α,β-unsaturated/α-hetero) is 1. The highest BCUT2D eigenvalue weighted by atomic mass is 16.1. The largest absolute Gasteiger partial charge is 0.346 e. The van der Waals surface area contributed by atoms with Gasteiger partial charge in [-0.05, 0) is 19.3 Å². The molecule has 0 amide bonds. The first kappa shape index (κ1) is 17.0. The second-order valence-electron chi connectivity index (χ2n) is 5.41. The first-order valence-electron chi connectivity index (χ1n) is 5.74. The number of hydrogen-bond acceptors (Lipinski definition) is 1. The smallest absolute Gasteiger partial charge is 0.138 e. The van der Waals surface area contributed by atoms with Crippen molar-refractivity contribution in [2.75, 3.05) is 27.7 Å². The van der Waals surface area contributed by atoms with Gasteiger partial charge in [-0.15, -0.1) is 0 Å². The molecular weight excluding hydrogens is 186 g/mol. The normalized spacial score (nSPS) is 13.1. The standard InChI is InChI=1S/C11H24NO.C2H5/c1-9(2)7-11(10(3)13)8-12(4,5)6;1-2/h9,11H,7-8H2,1-6H3;1H2,2H3/q+1;-1. The molecule has 0 bridgehead atoms. The first-order chi connectivity index (χ1) is 6.72. The molecule has 2 heteroatoms. The summed E-state index contributed by atoms with van der Waals surface area (Å²) in [7, 11) is 6.41. The van der Waals surface area contributed by atoms with Crippen LogP contribution in [0.5, 0.6) is 0 Å². The third kappa shape index (κ3) is 11.6. The molecule has 0 aromatic heterocycles. The average Bonchev–Trinajstić information content (AvgIpc) is 2.03. The van der Waals surface area contributed by atoms with Crippen LogP contribution in [0, 0.1) is 18.8 Å². The zero-order valence-corrected chi connectivity index (χ0v) is 11.6. The summed E-state index contributed by atoms with van der Waals surface area (Å²) in [5, 5.41) is 0. The Morgan fingerprint density at radius 3 is 1.80 bits per heavy atom. The molecule has 1 atom stereocenters. The van der Waals surface area contributed by atoms with E-state index in [4.69, 9.17) is 0 Å². The summed E-state index contributed by atoms with van der Waals surface area (Å²) in [6.45, 7) is 12.0. The molecule has 0 aromatic carbocycles. The number of ketones is 1. The van der Waals surface area contributed by atoms with Gasteiger partial charge >= 0.3 is 0 Å². The van der Waals surface area contributed by atoms with Gasteiger partial charge in [-0.2, -0.15) is 6.92 Å². The zero-order chi connectivity index (χ0) is 12.6. The topological polar surface area (TPSA) is 17.1 Å². The van der Waals surface area contributed by atoms with Gasteiger partial charge in [-0.3, -0.25) is 4.79 Å². The number of carbonyl (C=O) groups excluding carboxylic acids is 1. The lowest BCUT2D eigenvalue weighted by molar-refractivity contribution is -0.872. The third-order valence-electron chi connectivity index (χ3n) is 2.10. The van der Waals surface area contributed by atoms with E-state index in [1.165, 1.54) is 0 Å². The van der Waals surface area contributed by atoms with Crippen LogP contribution in [0.3, 0.4) is 0 Å². The molecule has 0 radical (unpaired) electrons. The van der Waals surface area contributed by atoms with E-state index in [1.54, 1.807) is 13.8 Å². The molecule has 0 aliphatic rings. The van der Waals surface area contributed by atoms with Gasteiger partial charge in [0.1, 0.15) is 5.78 Å². The maximum Gasteiger partial charge on any atom is 0.138 e. The Labute approximate surface area is 96.3 Å². The lowest BCUT2D eigenvalue weighted by Crippen LogP contribution is -2.41. The predicted molar refractivity (Wildman–Crippen MR) is 67.6 cm³/mol. The minimum absolute atomic E-state index is 0.236. The molecule has 92 valence electrons. The fraction of sp³-hybridized carbons (Fsp3) is 0.846. The second-order valence-corrected chi connectivity index (χ2v) is 5.41. The molecule has 0 saturated carbocycles. The number of carbonyl (C=O) groups is 1. The van der Waals surface area contributed by atoms with Gasteiger partial charge in [0.05, 0.1) is 33.6 Å². The van der Waals surface area contributed by atoms with E-state index in [0.717, 1.165) is 17.4 Å². The van der Waals surface area contributed by atoms with E-state index >= 15 is 0 Å². The van der Waals surface area contributed by atoms with Gasteiger partial charge in [0, 0.05) is 0 Å². The van der Waals surface area contributed by atoms with Crippen LogP contribution in [0.1, 0.15) is 34.1 Å². The van der Waals surface area contributed by atoms with Gasteiger partial charge in [0.25, 0.3) is 0 Å². The Bertz CT molecular complexity index is 168. The Morgan fingerprint density at radius 1 is 1.20 bits per heavy atom. The van der Waals surface area contributed by atoms with Crippen LogP contribution in [-0.4, -0.2) is 38.0 Å². The van der Waals surface area contributed by atoms with Crippen molar-refractivity contribution in [2.24, 2.45) is 11.8 Å². The summed E-state index contributed by atoms with van der Waals surface area (Å²) in [6, 6.07) is 0. The van der Waals surface area contributed by atoms with E-state index in [0.29, 0.717) is 11.7 Å². The average molecular weight is 215 g/mol. The highest BCUT2D eigenvalue weighted by Crippen LogP contribution is 2.15. The molecular formula is C13H29NO. The highest BCUT2D eigenvalue weighted by molar-refractivity contribution is 5.78. The van der Waals surface area contributed by atoms with Crippen molar-refractivity contribution >= 4 is 5.78 Å². The molecule has 0 aliphatic heterocycles. The summed E-state index contributed by atoms with van der Waals surface area (Å²) >= 11 is 0. The fourth-order valence-corrected chi connectivity index (χ4v) is 1.60.